The van der Waals surface area contributed by atoms with Crippen molar-refractivity contribution in [2.45, 2.75) is 37.1 Å². The highest BCUT2D eigenvalue weighted by molar-refractivity contribution is 5.86. The van der Waals surface area contributed by atoms with E-state index in [2.05, 4.69) is 19.8 Å². The molecule has 0 aliphatic carbocycles. The smallest absolute Gasteiger partial charge is 0.408 e. The van der Waals surface area contributed by atoms with Gasteiger partial charge in [0.05, 0.1) is 24.7 Å². The Kier molecular flexibility index (Phi) is 5.52. The number of β-amino-alcohol motifs (C(OH)–C–C–N with tert-alkyl or cyclic N) is 1. The molecule has 4 aliphatic rings. The van der Waals surface area contributed by atoms with Crippen LogP contribution in [0.4, 0.5) is 4.79 Å². The molecule has 2 saturated heterocycles. The second-order valence-electron chi connectivity index (χ2n) is 7.71. The molecule has 0 saturated carbocycles. The standard InChI is InChI=1S/C19H26N6O4/c26-14-9-16(25(10-14)19(28)29)18(27)22-8-3-15(23-6-1-4-20-12-23)17(11-22)24-7-2-5-21-13-24/h1-2,4-7,14-17,26H,3,8-13H2,(H,28,29). The van der Waals surface area contributed by atoms with Gasteiger partial charge in [-0.2, -0.15) is 0 Å². The Balaban J connectivity index is 1.51. The average Bonchev–Trinajstić information content (AvgIpc) is 3.16. The van der Waals surface area contributed by atoms with Gasteiger partial charge in [-0.05, 0) is 18.6 Å². The van der Waals surface area contributed by atoms with E-state index in [9.17, 15) is 19.8 Å². The molecule has 4 atom stereocenters. The molecule has 0 aromatic carbocycles. The fourth-order valence-corrected chi connectivity index (χ4v) is 4.53. The van der Waals surface area contributed by atoms with Crippen molar-refractivity contribution >= 4 is 24.4 Å². The highest BCUT2D eigenvalue weighted by Gasteiger charge is 2.44. The number of rotatable bonds is 3. The summed E-state index contributed by atoms with van der Waals surface area (Å²) in [4.78, 5) is 40.4. The SMILES string of the molecule is O=C(C1CC(O)CN1C(=O)O)N1CCC(N2C=CC=NC2)C(N2C=CC=NC2)C1. The van der Waals surface area contributed by atoms with Crippen molar-refractivity contribution in [3.8, 4) is 0 Å². The van der Waals surface area contributed by atoms with E-state index in [0.717, 1.165) is 11.3 Å². The van der Waals surface area contributed by atoms with E-state index in [0.29, 0.717) is 26.4 Å². The first kappa shape index (κ1) is 19.4. The van der Waals surface area contributed by atoms with Crippen LogP contribution in [0, 0.1) is 0 Å². The molecule has 10 nitrogen and oxygen atoms in total. The van der Waals surface area contributed by atoms with Crippen molar-refractivity contribution in [3.05, 3.63) is 24.6 Å². The molecule has 0 spiro atoms. The maximum absolute atomic E-state index is 13.2. The summed E-state index contributed by atoms with van der Waals surface area (Å²) in [6, 6.07) is -0.659. The van der Waals surface area contributed by atoms with Crippen LogP contribution in [0.2, 0.25) is 0 Å². The van der Waals surface area contributed by atoms with Crippen molar-refractivity contribution in [2.24, 2.45) is 9.98 Å². The van der Waals surface area contributed by atoms with E-state index in [1.165, 1.54) is 0 Å². The van der Waals surface area contributed by atoms with Gasteiger partial charge in [0.15, 0.2) is 0 Å². The largest absolute Gasteiger partial charge is 0.465 e. The first-order valence-electron chi connectivity index (χ1n) is 9.85. The Morgan fingerprint density at radius 1 is 0.966 bits per heavy atom. The number of carbonyl (C=O) groups excluding carboxylic acids is 1. The molecular weight excluding hydrogens is 376 g/mol. The molecule has 4 heterocycles. The second-order valence-corrected chi connectivity index (χ2v) is 7.71. The lowest BCUT2D eigenvalue weighted by Crippen LogP contribution is -2.61. The highest BCUT2D eigenvalue weighted by Crippen LogP contribution is 2.27. The van der Waals surface area contributed by atoms with Gasteiger partial charge in [-0.1, -0.05) is 0 Å². The van der Waals surface area contributed by atoms with Gasteiger partial charge in [0, 0.05) is 44.3 Å². The summed E-state index contributed by atoms with van der Waals surface area (Å²) in [6.45, 7) is 2.08. The summed E-state index contributed by atoms with van der Waals surface area (Å²) >= 11 is 0. The van der Waals surface area contributed by atoms with Gasteiger partial charge in [-0.25, -0.2) is 4.79 Å². The third-order valence-electron chi connectivity index (χ3n) is 5.95. The first-order chi connectivity index (χ1) is 14.0. The summed E-state index contributed by atoms with van der Waals surface area (Å²) in [5.74, 6) is -0.232. The zero-order valence-electron chi connectivity index (χ0n) is 16.1. The van der Waals surface area contributed by atoms with E-state index >= 15 is 0 Å². The lowest BCUT2D eigenvalue weighted by molar-refractivity contribution is -0.138. The van der Waals surface area contributed by atoms with Crippen molar-refractivity contribution in [1.82, 2.24) is 19.6 Å². The number of likely N-dealkylation sites (tertiary alicyclic amines) is 2. The van der Waals surface area contributed by atoms with E-state index in [4.69, 9.17) is 0 Å². The number of hydrogen-bond donors (Lipinski definition) is 2. The summed E-state index contributed by atoms with van der Waals surface area (Å²) in [7, 11) is 0. The van der Waals surface area contributed by atoms with Crippen LogP contribution in [0.3, 0.4) is 0 Å². The van der Waals surface area contributed by atoms with Gasteiger partial charge < -0.3 is 24.9 Å². The van der Waals surface area contributed by atoms with Gasteiger partial charge in [-0.15, -0.1) is 0 Å². The maximum atomic E-state index is 13.2. The number of carbonyl (C=O) groups is 2. The Morgan fingerprint density at radius 3 is 2.21 bits per heavy atom. The Labute approximate surface area is 169 Å². The number of hydrogen-bond acceptors (Lipinski definition) is 7. The average molecular weight is 402 g/mol. The normalized spacial score (nSPS) is 31.6. The molecule has 0 aromatic heterocycles. The molecule has 10 heteroatoms. The number of nitrogens with zero attached hydrogens (tertiary/aromatic N) is 6. The third kappa shape index (κ3) is 3.98. The number of carboxylic acid groups (broad SMARTS) is 1. The molecule has 29 heavy (non-hydrogen) atoms. The molecule has 156 valence electrons. The summed E-state index contributed by atoms with van der Waals surface area (Å²) in [5, 5.41) is 19.3. The van der Waals surface area contributed by atoms with E-state index < -0.39 is 18.2 Å². The van der Waals surface area contributed by atoms with Crippen LogP contribution in [0.25, 0.3) is 0 Å². The van der Waals surface area contributed by atoms with Crippen LogP contribution in [-0.4, -0.2) is 111 Å². The van der Waals surface area contributed by atoms with Gasteiger partial charge in [0.2, 0.25) is 5.91 Å². The molecule has 2 amide bonds. The molecule has 4 rings (SSSR count). The Bertz CT molecular complexity index is 766. The maximum Gasteiger partial charge on any atom is 0.408 e. The molecule has 0 radical (unpaired) electrons. The quantitative estimate of drug-likeness (QED) is 0.675. The van der Waals surface area contributed by atoms with Crippen LogP contribution >= 0.6 is 0 Å². The van der Waals surface area contributed by atoms with Crippen molar-refractivity contribution < 1.29 is 19.8 Å². The third-order valence-corrected chi connectivity index (χ3v) is 5.95. The van der Waals surface area contributed by atoms with Crippen molar-refractivity contribution in [3.63, 3.8) is 0 Å². The monoisotopic (exact) mass is 402 g/mol. The summed E-state index contributed by atoms with van der Waals surface area (Å²) < 4.78 is 0. The van der Waals surface area contributed by atoms with Crippen molar-refractivity contribution in [1.29, 1.82) is 0 Å². The van der Waals surface area contributed by atoms with Crippen LogP contribution in [-0.2, 0) is 4.79 Å². The van der Waals surface area contributed by atoms with Crippen molar-refractivity contribution in [2.75, 3.05) is 33.0 Å². The minimum Gasteiger partial charge on any atom is -0.465 e. The minimum atomic E-state index is -1.17. The number of aliphatic hydroxyl groups excluding tert-OH is 1. The molecule has 2 fully saturated rings. The fraction of sp³-hybridized carbons (Fsp3) is 0.579. The van der Waals surface area contributed by atoms with Crippen LogP contribution in [0.5, 0.6) is 0 Å². The number of piperidine rings is 1. The van der Waals surface area contributed by atoms with Gasteiger partial charge in [-0.3, -0.25) is 19.7 Å². The highest BCUT2D eigenvalue weighted by atomic mass is 16.4. The van der Waals surface area contributed by atoms with Gasteiger partial charge in [0.25, 0.3) is 0 Å². The van der Waals surface area contributed by atoms with Crippen LogP contribution in [0.15, 0.2) is 34.5 Å². The van der Waals surface area contributed by atoms with E-state index in [1.54, 1.807) is 17.3 Å². The lowest BCUT2D eigenvalue weighted by atomic mass is 9.95. The number of aliphatic imine (C=N–C) groups is 2. The number of amides is 2. The molecule has 0 aromatic rings. The molecule has 4 aliphatic heterocycles. The molecule has 2 N–H and O–H groups in total. The second kappa shape index (κ2) is 8.24. The molecule has 4 unspecified atom stereocenters. The topological polar surface area (TPSA) is 112 Å². The summed E-state index contributed by atoms with van der Waals surface area (Å²) in [5.41, 5.74) is 0. The summed E-state index contributed by atoms with van der Waals surface area (Å²) in [6.07, 6.45) is 10.3. The fourth-order valence-electron chi connectivity index (χ4n) is 4.53. The number of allylic oxidation sites excluding steroid dienone is 2. The van der Waals surface area contributed by atoms with Crippen LogP contribution in [0.1, 0.15) is 12.8 Å². The zero-order chi connectivity index (χ0) is 20.4. The predicted octanol–water partition coefficient (Wildman–Crippen LogP) is -0.216. The molecular formula is C19H26N6O4. The predicted molar refractivity (Wildman–Crippen MR) is 107 cm³/mol. The zero-order valence-corrected chi connectivity index (χ0v) is 16.1. The van der Waals surface area contributed by atoms with E-state index in [1.807, 2.05) is 24.6 Å². The minimum absolute atomic E-state index is 0.00366. The van der Waals surface area contributed by atoms with Gasteiger partial charge >= 0.3 is 6.09 Å². The first-order valence-corrected chi connectivity index (χ1v) is 9.85. The van der Waals surface area contributed by atoms with Gasteiger partial charge in [0.1, 0.15) is 19.4 Å². The van der Waals surface area contributed by atoms with Crippen LogP contribution < -0.4 is 0 Å². The lowest BCUT2D eigenvalue weighted by Gasteiger charge is -2.48. The number of aliphatic hydroxyl groups is 1. The molecule has 0 bridgehead atoms. The Hall–Kier alpha value is -2.88. The van der Waals surface area contributed by atoms with E-state index in [-0.39, 0.29) is 31.0 Å². The Morgan fingerprint density at radius 2 is 1.62 bits per heavy atom.